The highest BCUT2D eigenvalue weighted by Crippen LogP contribution is 2.59. The third-order valence-corrected chi connectivity index (χ3v) is 18.4. The van der Waals surface area contributed by atoms with Crippen LogP contribution in [0.3, 0.4) is 0 Å². The molecule has 0 radical (unpaired) electrons. The Labute approximate surface area is 376 Å². The molecule has 302 valence electrons. The fourth-order valence-corrected chi connectivity index (χ4v) is 16.1. The molecule has 0 atom stereocenters. The fourth-order valence-electron chi connectivity index (χ4n) is 10.8. The molecular formula is C61H43NOSi. The molecule has 0 unspecified atom stereocenters. The number of anilines is 3. The summed E-state index contributed by atoms with van der Waals surface area (Å²) in [6, 6.07) is 95.8. The van der Waals surface area contributed by atoms with Crippen molar-refractivity contribution in [1.82, 2.24) is 0 Å². The number of hydrogen-bond acceptors (Lipinski definition) is 2. The average molecular weight is 834 g/mol. The molecule has 1 spiro atoms. The molecule has 10 aromatic rings. The standard InChI is InChI=1S/C61H43NOSi/c1-5-20-44(21-6-1)46-36-40-48(41-37-46)62(49-42-38-47(39-43-49)45-22-7-2-8-23-45)56-32-19-31-55-60(56)63-57-33-16-13-28-52(57)61(55)53-29-14-17-34-58(53)64(50-24-9-3-10-25-50,51-26-11-4-12-27-51)59-35-18-15-30-54(59)61/h1-43H. The van der Waals surface area contributed by atoms with Gasteiger partial charge in [-0.1, -0.05) is 224 Å². The highest BCUT2D eigenvalue weighted by atomic mass is 28.3. The van der Waals surface area contributed by atoms with Crippen LogP contribution in [0.2, 0.25) is 0 Å². The molecule has 0 aromatic heterocycles. The summed E-state index contributed by atoms with van der Waals surface area (Å²) >= 11 is 0. The minimum atomic E-state index is -2.89. The lowest BCUT2D eigenvalue weighted by Gasteiger charge is -2.51. The summed E-state index contributed by atoms with van der Waals surface area (Å²) in [6.45, 7) is 0. The Morgan fingerprint density at radius 2 is 0.703 bits per heavy atom. The molecule has 2 nitrogen and oxygen atoms in total. The van der Waals surface area contributed by atoms with Crippen molar-refractivity contribution in [3.05, 3.63) is 283 Å². The maximum atomic E-state index is 7.37. The van der Waals surface area contributed by atoms with Gasteiger partial charge in [0.25, 0.3) is 0 Å². The first kappa shape index (κ1) is 37.8. The summed E-state index contributed by atoms with van der Waals surface area (Å²) < 4.78 is 7.37. The zero-order valence-electron chi connectivity index (χ0n) is 35.2. The van der Waals surface area contributed by atoms with E-state index in [9.17, 15) is 0 Å². The molecule has 64 heavy (non-hydrogen) atoms. The Balaban J connectivity index is 1.14. The van der Waals surface area contributed by atoms with Crippen LogP contribution in [0.25, 0.3) is 22.3 Å². The van der Waals surface area contributed by atoms with Crippen molar-refractivity contribution >= 4 is 45.9 Å². The number of hydrogen-bond donors (Lipinski definition) is 0. The van der Waals surface area contributed by atoms with Gasteiger partial charge in [0.2, 0.25) is 0 Å². The molecule has 10 aromatic carbocycles. The smallest absolute Gasteiger partial charge is 0.180 e. The maximum absolute atomic E-state index is 7.37. The molecule has 0 saturated carbocycles. The van der Waals surface area contributed by atoms with Gasteiger partial charge in [0.1, 0.15) is 5.75 Å². The number of ether oxygens (including phenoxy) is 1. The van der Waals surface area contributed by atoms with E-state index >= 15 is 0 Å². The van der Waals surface area contributed by atoms with E-state index in [1.165, 1.54) is 54.1 Å². The van der Waals surface area contributed by atoms with Gasteiger partial charge in [0, 0.05) is 22.5 Å². The minimum absolute atomic E-state index is 0.701. The first-order valence-electron chi connectivity index (χ1n) is 22.1. The first-order valence-corrected chi connectivity index (χ1v) is 24.1. The van der Waals surface area contributed by atoms with E-state index in [-0.39, 0.29) is 0 Å². The third-order valence-electron chi connectivity index (χ3n) is 13.5. The van der Waals surface area contributed by atoms with E-state index in [2.05, 4.69) is 266 Å². The third kappa shape index (κ3) is 5.71. The number of rotatable bonds is 7. The molecule has 2 heterocycles. The van der Waals surface area contributed by atoms with Crippen molar-refractivity contribution in [1.29, 1.82) is 0 Å². The van der Waals surface area contributed by atoms with E-state index in [1.54, 1.807) is 0 Å². The Hall–Kier alpha value is -7.98. The first-order chi connectivity index (χ1) is 31.8. The van der Waals surface area contributed by atoms with Gasteiger partial charge in [-0.2, -0.15) is 0 Å². The van der Waals surface area contributed by atoms with Gasteiger partial charge in [-0.3, -0.25) is 0 Å². The van der Waals surface area contributed by atoms with Crippen LogP contribution >= 0.6 is 0 Å². The molecule has 0 aliphatic carbocycles. The highest BCUT2D eigenvalue weighted by molar-refractivity contribution is 7.20. The number of nitrogens with zero attached hydrogens (tertiary/aromatic N) is 1. The second-order valence-electron chi connectivity index (χ2n) is 16.7. The number of benzene rings is 10. The highest BCUT2D eigenvalue weighted by Gasteiger charge is 2.57. The van der Waals surface area contributed by atoms with Crippen LogP contribution in [0, 0.1) is 0 Å². The van der Waals surface area contributed by atoms with Crippen LogP contribution in [0.4, 0.5) is 17.1 Å². The van der Waals surface area contributed by atoms with Crippen LogP contribution in [-0.4, -0.2) is 8.07 Å². The molecule has 0 amide bonds. The quantitative estimate of drug-likeness (QED) is 0.148. The van der Waals surface area contributed by atoms with E-state index in [1.807, 2.05) is 0 Å². The Morgan fingerprint density at radius 3 is 1.20 bits per heavy atom. The Morgan fingerprint density at radius 1 is 0.312 bits per heavy atom. The normalized spacial score (nSPS) is 13.7. The van der Waals surface area contributed by atoms with Crippen LogP contribution in [0.1, 0.15) is 22.3 Å². The summed E-state index contributed by atoms with van der Waals surface area (Å²) in [5, 5.41) is 5.52. The zero-order chi connectivity index (χ0) is 42.5. The maximum Gasteiger partial charge on any atom is 0.180 e. The molecule has 12 rings (SSSR count). The average Bonchev–Trinajstić information content (AvgIpc) is 3.38. The van der Waals surface area contributed by atoms with E-state index < -0.39 is 13.5 Å². The molecule has 0 fully saturated rings. The zero-order valence-corrected chi connectivity index (χ0v) is 36.2. The lowest BCUT2D eigenvalue weighted by Crippen LogP contribution is -2.79. The summed E-state index contributed by atoms with van der Waals surface area (Å²) in [4.78, 5) is 2.37. The SMILES string of the molecule is c1ccc(-c2ccc(N(c3ccc(-c4ccccc4)cc3)c3cccc4c3Oc3ccccc3C43c4ccccc4[Si](c4ccccc4)(c4ccccc4)c4ccccc43)cc2)cc1. The van der Waals surface area contributed by atoms with Gasteiger partial charge in [-0.25, -0.2) is 0 Å². The predicted molar refractivity (Wildman–Crippen MR) is 268 cm³/mol. The lowest BCUT2D eigenvalue weighted by molar-refractivity contribution is 0.436. The lowest BCUT2D eigenvalue weighted by atomic mass is 9.63. The summed E-state index contributed by atoms with van der Waals surface area (Å²) in [5.74, 6) is 1.71. The largest absolute Gasteiger partial charge is 0.454 e. The van der Waals surface area contributed by atoms with Gasteiger partial charge in [-0.05, 0) is 90.5 Å². The second kappa shape index (κ2) is 15.4. The molecule has 2 aliphatic heterocycles. The topological polar surface area (TPSA) is 12.5 Å². The molecule has 0 bridgehead atoms. The van der Waals surface area contributed by atoms with Crippen molar-refractivity contribution < 1.29 is 4.74 Å². The summed E-state index contributed by atoms with van der Waals surface area (Å²) in [7, 11) is -2.89. The van der Waals surface area contributed by atoms with Crippen molar-refractivity contribution in [3.63, 3.8) is 0 Å². The molecule has 0 saturated heterocycles. The van der Waals surface area contributed by atoms with Crippen molar-refractivity contribution in [2.24, 2.45) is 0 Å². The second-order valence-corrected chi connectivity index (χ2v) is 20.5. The van der Waals surface area contributed by atoms with Crippen LogP contribution in [0.5, 0.6) is 11.5 Å². The monoisotopic (exact) mass is 833 g/mol. The van der Waals surface area contributed by atoms with Crippen LogP contribution in [0.15, 0.2) is 261 Å². The summed E-state index contributed by atoms with van der Waals surface area (Å²) in [6.07, 6.45) is 0. The van der Waals surface area contributed by atoms with Crippen molar-refractivity contribution in [2.45, 2.75) is 5.41 Å². The van der Waals surface area contributed by atoms with Crippen LogP contribution < -0.4 is 30.4 Å². The number of fused-ring (bicyclic) bond motifs is 8. The van der Waals surface area contributed by atoms with Gasteiger partial charge >= 0.3 is 0 Å². The van der Waals surface area contributed by atoms with Gasteiger partial charge < -0.3 is 9.64 Å². The molecule has 2 aliphatic rings. The van der Waals surface area contributed by atoms with E-state index in [0.29, 0.717) is 0 Å². The Bertz CT molecular complexity index is 3110. The van der Waals surface area contributed by atoms with E-state index in [4.69, 9.17) is 4.74 Å². The van der Waals surface area contributed by atoms with Gasteiger partial charge in [0.15, 0.2) is 13.8 Å². The Kier molecular flexibility index (Phi) is 9.10. The minimum Gasteiger partial charge on any atom is -0.454 e. The van der Waals surface area contributed by atoms with Gasteiger partial charge in [0.05, 0.1) is 11.1 Å². The fraction of sp³-hybridized carbons (Fsp3) is 0.0164. The number of para-hydroxylation sites is 2. The van der Waals surface area contributed by atoms with Gasteiger partial charge in [-0.15, -0.1) is 0 Å². The molecule has 3 heteroatoms. The van der Waals surface area contributed by atoms with E-state index in [0.717, 1.165) is 39.7 Å². The summed E-state index contributed by atoms with van der Waals surface area (Å²) in [5.41, 5.74) is 11.9. The predicted octanol–water partition coefficient (Wildman–Crippen LogP) is 12.7. The molecular weight excluding hydrogens is 791 g/mol. The van der Waals surface area contributed by atoms with Crippen LogP contribution in [-0.2, 0) is 5.41 Å². The molecule has 0 N–H and O–H groups in total. The van der Waals surface area contributed by atoms with Crippen molar-refractivity contribution in [2.75, 3.05) is 4.90 Å². The van der Waals surface area contributed by atoms with Crippen molar-refractivity contribution in [3.8, 4) is 33.8 Å².